The van der Waals surface area contributed by atoms with E-state index in [1.165, 1.54) is 16.8 Å². The molecule has 0 fully saturated rings. The highest BCUT2D eigenvalue weighted by Crippen LogP contribution is 2.32. The topological polar surface area (TPSA) is 40.7 Å². The van der Waals surface area contributed by atoms with Crippen LogP contribution in [0.25, 0.3) is 0 Å². The molecule has 0 spiro atoms. The molecule has 1 aliphatic carbocycles. The van der Waals surface area contributed by atoms with Gasteiger partial charge in [0.25, 0.3) is 0 Å². The lowest BCUT2D eigenvalue weighted by Gasteiger charge is -2.04. The van der Waals surface area contributed by atoms with Gasteiger partial charge in [-0.3, -0.25) is 0 Å². The van der Waals surface area contributed by atoms with Crippen molar-refractivity contribution in [2.45, 2.75) is 25.3 Å². The summed E-state index contributed by atoms with van der Waals surface area (Å²) in [5.41, 5.74) is 4.12. The van der Waals surface area contributed by atoms with Gasteiger partial charge in [0.15, 0.2) is 0 Å². The van der Waals surface area contributed by atoms with E-state index in [0.29, 0.717) is 5.92 Å². The molecule has 0 aliphatic heterocycles. The highest BCUT2D eigenvalue weighted by Gasteiger charge is 2.24. The smallest absolute Gasteiger partial charge is 0.110 e. The molecule has 0 amide bonds. The Kier molecular flexibility index (Phi) is 2.69. The molecule has 0 saturated carbocycles. The second-order valence-corrected chi connectivity index (χ2v) is 4.70. The average molecular weight is 227 g/mol. The first kappa shape index (κ1) is 10.5. The van der Waals surface area contributed by atoms with Gasteiger partial charge >= 0.3 is 0 Å². The van der Waals surface area contributed by atoms with Crippen LogP contribution in [-0.2, 0) is 19.4 Å². The number of benzene rings is 1. The zero-order chi connectivity index (χ0) is 11.7. The molecule has 1 aromatic carbocycles. The molecule has 2 N–H and O–H groups in total. The van der Waals surface area contributed by atoms with Crippen LogP contribution >= 0.6 is 0 Å². The van der Waals surface area contributed by atoms with Gasteiger partial charge in [-0.1, -0.05) is 24.3 Å². The Morgan fingerprint density at radius 2 is 2.00 bits per heavy atom. The minimum absolute atomic E-state index is 0.526. The Morgan fingerprint density at radius 1 is 1.29 bits per heavy atom. The van der Waals surface area contributed by atoms with Crippen molar-refractivity contribution >= 4 is 0 Å². The molecular weight excluding hydrogens is 210 g/mol. The molecule has 0 bridgehead atoms. The van der Waals surface area contributed by atoms with Crippen LogP contribution in [0.1, 0.15) is 28.6 Å². The van der Waals surface area contributed by atoms with Crippen molar-refractivity contribution in [2.24, 2.45) is 0 Å². The number of imidazole rings is 1. The van der Waals surface area contributed by atoms with E-state index in [1.54, 1.807) is 0 Å². The highest BCUT2D eigenvalue weighted by molar-refractivity contribution is 5.35. The van der Waals surface area contributed by atoms with E-state index in [2.05, 4.69) is 39.6 Å². The summed E-state index contributed by atoms with van der Waals surface area (Å²) in [6.07, 6.45) is 4.17. The predicted octanol–water partition coefficient (Wildman–Crippen LogP) is 2.01. The molecule has 3 nitrogen and oxygen atoms in total. The molecule has 1 aromatic heterocycles. The fourth-order valence-electron chi connectivity index (χ4n) is 2.62. The second-order valence-electron chi connectivity index (χ2n) is 4.70. The SMILES string of the molecule is CNCc1cnc(C2Cc3ccccc3C2)[nH]1. The van der Waals surface area contributed by atoms with E-state index in [-0.39, 0.29) is 0 Å². The summed E-state index contributed by atoms with van der Waals surface area (Å²) in [6.45, 7) is 0.854. The molecule has 3 rings (SSSR count). The van der Waals surface area contributed by atoms with E-state index in [1.807, 2.05) is 13.2 Å². The lowest BCUT2D eigenvalue weighted by atomic mass is 10.1. The second kappa shape index (κ2) is 4.34. The molecule has 3 heteroatoms. The lowest BCUT2D eigenvalue weighted by Crippen LogP contribution is -2.06. The number of H-pyrrole nitrogens is 1. The van der Waals surface area contributed by atoms with Gasteiger partial charge in [0.2, 0.25) is 0 Å². The van der Waals surface area contributed by atoms with Gasteiger partial charge < -0.3 is 10.3 Å². The quantitative estimate of drug-likeness (QED) is 0.842. The Bertz CT molecular complexity index is 491. The third-order valence-corrected chi connectivity index (χ3v) is 3.45. The third-order valence-electron chi connectivity index (χ3n) is 3.45. The predicted molar refractivity (Wildman–Crippen MR) is 67.9 cm³/mol. The molecule has 0 saturated heterocycles. The van der Waals surface area contributed by atoms with Gasteiger partial charge in [-0.15, -0.1) is 0 Å². The summed E-state index contributed by atoms with van der Waals surface area (Å²) in [6, 6.07) is 8.70. The zero-order valence-corrected chi connectivity index (χ0v) is 10.0. The highest BCUT2D eigenvalue weighted by atomic mass is 15.0. The number of aromatic nitrogens is 2. The van der Waals surface area contributed by atoms with Gasteiger partial charge in [-0.2, -0.15) is 0 Å². The summed E-state index contributed by atoms with van der Waals surface area (Å²) in [7, 11) is 1.95. The zero-order valence-electron chi connectivity index (χ0n) is 10.0. The van der Waals surface area contributed by atoms with E-state index < -0.39 is 0 Å². The van der Waals surface area contributed by atoms with Crippen molar-refractivity contribution < 1.29 is 0 Å². The fourth-order valence-corrected chi connectivity index (χ4v) is 2.62. The van der Waals surface area contributed by atoms with Crippen LogP contribution in [0.5, 0.6) is 0 Å². The normalized spacial score (nSPS) is 15.1. The van der Waals surface area contributed by atoms with Gasteiger partial charge in [0.1, 0.15) is 5.82 Å². The molecule has 17 heavy (non-hydrogen) atoms. The Hall–Kier alpha value is -1.61. The number of hydrogen-bond donors (Lipinski definition) is 2. The molecule has 1 aliphatic rings. The molecule has 0 radical (unpaired) electrons. The van der Waals surface area contributed by atoms with Crippen LogP contribution in [0, 0.1) is 0 Å². The molecule has 0 unspecified atom stereocenters. The van der Waals surface area contributed by atoms with Crippen LogP contribution in [0.4, 0.5) is 0 Å². The van der Waals surface area contributed by atoms with Crippen LogP contribution in [0.3, 0.4) is 0 Å². The summed E-state index contributed by atoms with van der Waals surface area (Å²) >= 11 is 0. The molecule has 2 aromatic rings. The van der Waals surface area contributed by atoms with Crippen LogP contribution in [0.15, 0.2) is 30.5 Å². The van der Waals surface area contributed by atoms with Crippen molar-refractivity contribution in [2.75, 3.05) is 7.05 Å². The molecular formula is C14H17N3. The molecule has 1 heterocycles. The monoisotopic (exact) mass is 227 g/mol. The summed E-state index contributed by atoms with van der Waals surface area (Å²) < 4.78 is 0. The fraction of sp³-hybridized carbons (Fsp3) is 0.357. The first-order valence-electron chi connectivity index (χ1n) is 6.12. The Balaban J connectivity index is 1.79. The maximum absolute atomic E-state index is 4.50. The largest absolute Gasteiger partial charge is 0.345 e. The standard InChI is InChI=1S/C14H17N3/c1-15-8-13-9-16-14(17-13)12-6-10-4-2-3-5-11(10)7-12/h2-5,9,12,15H,6-8H2,1H3,(H,16,17). The number of nitrogens with one attached hydrogen (secondary N) is 2. The maximum Gasteiger partial charge on any atom is 0.110 e. The van der Waals surface area contributed by atoms with E-state index in [4.69, 9.17) is 0 Å². The van der Waals surface area contributed by atoms with Gasteiger partial charge in [0.05, 0.1) is 0 Å². The lowest BCUT2D eigenvalue weighted by molar-refractivity contribution is 0.687. The first-order valence-corrected chi connectivity index (χ1v) is 6.12. The Morgan fingerprint density at radius 3 is 2.65 bits per heavy atom. The summed E-state index contributed by atoms with van der Waals surface area (Å²) in [5.74, 6) is 1.66. The Labute approximate surface area is 101 Å². The van der Waals surface area contributed by atoms with Crippen molar-refractivity contribution in [1.82, 2.24) is 15.3 Å². The molecule has 88 valence electrons. The van der Waals surface area contributed by atoms with Gasteiger partial charge in [-0.05, 0) is 31.0 Å². The van der Waals surface area contributed by atoms with E-state index in [0.717, 1.165) is 25.2 Å². The van der Waals surface area contributed by atoms with Crippen LogP contribution in [-0.4, -0.2) is 17.0 Å². The van der Waals surface area contributed by atoms with E-state index >= 15 is 0 Å². The third kappa shape index (κ3) is 1.98. The number of nitrogens with zero attached hydrogens (tertiary/aromatic N) is 1. The maximum atomic E-state index is 4.50. The van der Waals surface area contributed by atoms with Gasteiger partial charge in [-0.25, -0.2) is 4.98 Å². The van der Waals surface area contributed by atoms with Crippen LogP contribution in [0.2, 0.25) is 0 Å². The summed E-state index contributed by atoms with van der Waals surface area (Å²) in [4.78, 5) is 7.92. The van der Waals surface area contributed by atoms with Crippen molar-refractivity contribution in [1.29, 1.82) is 0 Å². The number of aromatic amines is 1. The van der Waals surface area contributed by atoms with Crippen molar-refractivity contribution in [3.05, 3.63) is 53.1 Å². The average Bonchev–Trinajstić information content (AvgIpc) is 2.94. The number of fused-ring (bicyclic) bond motifs is 1. The first-order chi connectivity index (χ1) is 8.36. The van der Waals surface area contributed by atoms with Crippen LogP contribution < -0.4 is 5.32 Å². The van der Waals surface area contributed by atoms with Crippen molar-refractivity contribution in [3.63, 3.8) is 0 Å². The number of hydrogen-bond acceptors (Lipinski definition) is 2. The minimum atomic E-state index is 0.526. The number of rotatable bonds is 3. The molecule has 0 atom stereocenters. The minimum Gasteiger partial charge on any atom is -0.345 e. The van der Waals surface area contributed by atoms with Gasteiger partial charge in [0, 0.05) is 24.4 Å². The summed E-state index contributed by atoms with van der Waals surface area (Å²) in [5, 5.41) is 3.13. The van der Waals surface area contributed by atoms with Crippen molar-refractivity contribution in [3.8, 4) is 0 Å². The van der Waals surface area contributed by atoms with E-state index in [9.17, 15) is 0 Å².